The van der Waals surface area contributed by atoms with Crippen molar-refractivity contribution in [2.75, 3.05) is 12.4 Å². The molecule has 0 radical (unpaired) electrons. The molecule has 44 heavy (non-hydrogen) atoms. The van der Waals surface area contributed by atoms with Crippen LogP contribution in [0.25, 0.3) is 0 Å². The monoisotopic (exact) mass is 620 g/mol. The minimum Gasteiger partial charge on any atom is -0.381 e. The van der Waals surface area contributed by atoms with Crippen LogP contribution in [-0.2, 0) is 34.0 Å². The van der Waals surface area contributed by atoms with Crippen LogP contribution in [0.4, 0.5) is 5.69 Å². The molecule has 0 bridgehead atoms. The fourth-order valence-electron chi connectivity index (χ4n) is 5.01. The number of aliphatic hydroxyl groups is 7. The summed E-state index contributed by atoms with van der Waals surface area (Å²) in [5, 5.41) is 77.0. The van der Waals surface area contributed by atoms with Gasteiger partial charge in [-0.05, 0) is 36.6 Å². The molecule has 2 aromatic rings. The second-order valence-electron chi connectivity index (χ2n) is 10.4. The minimum atomic E-state index is -3.78. The number of amides is 2. The number of benzene rings is 2. The first-order valence-electron chi connectivity index (χ1n) is 14.0. The Morgan fingerprint density at radius 1 is 1.00 bits per heavy atom. The number of hydrogen-bond donors (Lipinski definition) is 9. The Morgan fingerprint density at radius 3 is 2.20 bits per heavy atom. The standard InChI is InChI=1S/C27H34N4O11.C2H6/c1-24(35)25(36,37)31(26(38,39)27(40,41)42-24)14-17-10-8-16(9-11-17)13-29-20-6-3-5-18-19(20)15-30(23(18)34)21(7-4-12-32)22(33)28-2;1-2/h3,5-6,8-12,21,29,35-41H,4,7,13-15H2,1-2H3,(H,28,33);1-2H3. The number of rotatable bonds is 10. The summed E-state index contributed by atoms with van der Waals surface area (Å²) in [6, 6.07) is 10.6. The molecule has 4 rings (SSSR count). The van der Waals surface area contributed by atoms with Crippen LogP contribution in [0.2, 0.25) is 0 Å². The zero-order valence-corrected chi connectivity index (χ0v) is 24.9. The van der Waals surface area contributed by atoms with Crippen molar-refractivity contribution in [3.63, 3.8) is 0 Å². The lowest BCUT2D eigenvalue weighted by molar-refractivity contribution is -0.624. The van der Waals surface area contributed by atoms with Crippen LogP contribution in [0.3, 0.4) is 0 Å². The first-order valence-corrected chi connectivity index (χ1v) is 14.0. The summed E-state index contributed by atoms with van der Waals surface area (Å²) in [7, 11) is 1.47. The van der Waals surface area contributed by atoms with E-state index in [0.29, 0.717) is 30.0 Å². The molecule has 15 heteroatoms. The lowest BCUT2D eigenvalue weighted by Crippen LogP contribution is -2.83. The number of nitrogens with one attached hydrogen (secondary N) is 2. The highest BCUT2D eigenvalue weighted by Gasteiger charge is 2.72. The van der Waals surface area contributed by atoms with E-state index in [4.69, 9.17) is 0 Å². The van der Waals surface area contributed by atoms with Crippen molar-refractivity contribution in [3.05, 3.63) is 64.7 Å². The largest absolute Gasteiger partial charge is 0.381 e. The lowest BCUT2D eigenvalue weighted by Gasteiger charge is -2.56. The molecule has 0 aromatic heterocycles. The van der Waals surface area contributed by atoms with Gasteiger partial charge in [-0.25, -0.2) is 0 Å². The van der Waals surface area contributed by atoms with E-state index in [1.165, 1.54) is 24.1 Å². The van der Waals surface area contributed by atoms with Gasteiger partial charge in [-0.1, -0.05) is 44.2 Å². The Balaban J connectivity index is 0.00000259. The van der Waals surface area contributed by atoms with Gasteiger partial charge >= 0.3 is 11.9 Å². The van der Waals surface area contributed by atoms with Gasteiger partial charge in [-0.3, -0.25) is 14.3 Å². The maximum Gasteiger partial charge on any atom is 0.354 e. The van der Waals surface area contributed by atoms with Crippen LogP contribution in [-0.4, -0.2) is 100 Å². The van der Waals surface area contributed by atoms with E-state index in [1.54, 1.807) is 30.3 Å². The topological polar surface area (TPSA) is 233 Å². The van der Waals surface area contributed by atoms with Gasteiger partial charge in [0, 0.05) is 49.9 Å². The van der Waals surface area contributed by atoms with E-state index in [2.05, 4.69) is 15.4 Å². The fourth-order valence-corrected chi connectivity index (χ4v) is 5.01. The van der Waals surface area contributed by atoms with Gasteiger partial charge in [0.05, 0.1) is 0 Å². The van der Waals surface area contributed by atoms with Crippen LogP contribution < -0.4 is 10.6 Å². The molecular weight excluding hydrogens is 580 g/mol. The second-order valence-corrected chi connectivity index (χ2v) is 10.4. The van der Waals surface area contributed by atoms with Crippen molar-refractivity contribution in [2.24, 2.45) is 0 Å². The Morgan fingerprint density at radius 2 is 1.61 bits per heavy atom. The number of carbonyl (C=O) groups excluding carboxylic acids is 3. The quantitative estimate of drug-likeness (QED) is 0.113. The van der Waals surface area contributed by atoms with Crippen LogP contribution in [0.1, 0.15) is 60.7 Å². The maximum absolute atomic E-state index is 13.1. The van der Waals surface area contributed by atoms with Crippen molar-refractivity contribution >= 4 is 23.8 Å². The van der Waals surface area contributed by atoms with Gasteiger partial charge in [0.15, 0.2) is 0 Å². The Hall–Kier alpha value is -3.51. The Bertz CT molecular complexity index is 1320. The van der Waals surface area contributed by atoms with E-state index in [0.717, 1.165) is 5.56 Å². The van der Waals surface area contributed by atoms with Gasteiger partial charge in [0.25, 0.3) is 11.8 Å². The number of carbonyl (C=O) groups is 3. The normalized spacial score (nSPS) is 22.3. The van der Waals surface area contributed by atoms with Gasteiger partial charge in [-0.15, -0.1) is 0 Å². The molecule has 2 atom stereocenters. The average molecular weight is 621 g/mol. The van der Waals surface area contributed by atoms with Crippen LogP contribution in [0, 0.1) is 0 Å². The number of fused-ring (bicyclic) bond motifs is 1. The number of nitrogens with zero attached hydrogens (tertiary/aromatic N) is 2. The maximum atomic E-state index is 13.1. The first kappa shape index (κ1) is 35.0. The molecule has 2 aliphatic heterocycles. The zero-order chi connectivity index (χ0) is 33.1. The molecule has 2 aliphatic rings. The molecule has 2 aromatic carbocycles. The van der Waals surface area contributed by atoms with Crippen molar-refractivity contribution in [1.29, 1.82) is 0 Å². The van der Waals surface area contributed by atoms with E-state index in [-0.39, 0.29) is 48.2 Å². The van der Waals surface area contributed by atoms with Crippen molar-refractivity contribution in [2.45, 2.75) is 82.9 Å². The molecule has 2 heterocycles. The first-order chi connectivity index (χ1) is 20.6. The van der Waals surface area contributed by atoms with Crippen LogP contribution in [0.15, 0.2) is 42.5 Å². The Labute approximate surface area is 253 Å². The third-order valence-electron chi connectivity index (χ3n) is 7.48. The van der Waals surface area contributed by atoms with Gasteiger partial charge in [0.2, 0.25) is 11.7 Å². The smallest absolute Gasteiger partial charge is 0.354 e. The highest BCUT2D eigenvalue weighted by molar-refractivity contribution is 6.02. The summed E-state index contributed by atoms with van der Waals surface area (Å²) in [6.07, 6.45) is 1.02. The zero-order valence-electron chi connectivity index (χ0n) is 24.9. The number of ether oxygens (including phenoxy) is 1. The predicted octanol–water partition coefficient (Wildman–Crippen LogP) is -1.17. The lowest BCUT2D eigenvalue weighted by atomic mass is 10.0. The summed E-state index contributed by atoms with van der Waals surface area (Å²) in [5.74, 6) is -14.7. The SMILES string of the molecule is CC.CNC(=O)C(CCC=O)N1Cc2c(NCc3ccc(CN4C(O)(O)C(C)(O)OC(O)(O)C4(O)O)cc3)cccc2C1=O. The molecule has 1 fully saturated rings. The van der Waals surface area contributed by atoms with E-state index >= 15 is 0 Å². The van der Waals surface area contributed by atoms with Gasteiger partial charge in [0.1, 0.15) is 12.3 Å². The Kier molecular flexibility index (Phi) is 10.5. The number of likely N-dealkylation sites (N-methyl/N-ethyl adjacent to an activating group) is 1. The summed E-state index contributed by atoms with van der Waals surface area (Å²) in [6.45, 7) is 4.48. The summed E-state index contributed by atoms with van der Waals surface area (Å²) in [5.41, 5.74) is 2.79. The molecular formula is C29H40N4O11. The van der Waals surface area contributed by atoms with Crippen LogP contribution in [0.5, 0.6) is 0 Å². The summed E-state index contributed by atoms with van der Waals surface area (Å²) in [4.78, 5) is 38.0. The van der Waals surface area contributed by atoms with E-state index in [1.807, 2.05) is 13.8 Å². The third-order valence-corrected chi connectivity index (χ3v) is 7.48. The van der Waals surface area contributed by atoms with E-state index in [9.17, 15) is 50.1 Å². The summed E-state index contributed by atoms with van der Waals surface area (Å²) >= 11 is 0. The highest BCUT2D eigenvalue weighted by atomic mass is 16.9. The molecule has 0 spiro atoms. The predicted molar refractivity (Wildman–Crippen MR) is 153 cm³/mol. The average Bonchev–Trinajstić information content (AvgIpc) is 3.31. The summed E-state index contributed by atoms with van der Waals surface area (Å²) < 4.78 is 4.30. The van der Waals surface area contributed by atoms with Crippen LogP contribution >= 0.6 is 0 Å². The molecule has 15 nitrogen and oxygen atoms in total. The van der Waals surface area contributed by atoms with Crippen molar-refractivity contribution < 1.29 is 54.9 Å². The number of hydrogen-bond acceptors (Lipinski definition) is 13. The molecule has 242 valence electrons. The molecule has 1 saturated heterocycles. The number of anilines is 1. The van der Waals surface area contributed by atoms with Gasteiger partial charge in [-0.2, -0.15) is 4.90 Å². The molecule has 2 unspecified atom stereocenters. The van der Waals surface area contributed by atoms with Crippen molar-refractivity contribution in [3.8, 4) is 0 Å². The highest BCUT2D eigenvalue weighted by Crippen LogP contribution is 2.43. The molecule has 0 aliphatic carbocycles. The minimum absolute atomic E-state index is 0.0496. The molecule has 2 amide bonds. The second kappa shape index (κ2) is 13.2. The fraction of sp³-hybridized carbons (Fsp3) is 0.483. The third kappa shape index (κ3) is 6.46. The molecule has 9 N–H and O–H groups in total. The van der Waals surface area contributed by atoms with Gasteiger partial charge < -0.3 is 56.1 Å². The number of aldehydes is 1. The number of morpholine rings is 1. The van der Waals surface area contributed by atoms with E-state index < -0.39 is 36.2 Å². The van der Waals surface area contributed by atoms with Crippen molar-refractivity contribution in [1.82, 2.24) is 15.1 Å². The molecule has 0 saturated carbocycles.